The molecule has 1 amide bonds. The normalized spacial score (nSPS) is 10.5. The molecule has 0 saturated heterocycles. The molecule has 0 bridgehead atoms. The third-order valence-corrected chi connectivity index (χ3v) is 4.45. The average molecular weight is 365 g/mol. The van der Waals surface area contributed by atoms with Crippen molar-refractivity contribution in [2.75, 3.05) is 27.8 Å². The molecule has 3 aromatic rings. The van der Waals surface area contributed by atoms with Gasteiger partial charge in [-0.25, -0.2) is 4.68 Å². The maximum absolute atomic E-state index is 12.9. The maximum atomic E-state index is 12.9. The molecule has 6 nitrogen and oxygen atoms in total. The van der Waals surface area contributed by atoms with Gasteiger partial charge in [0.15, 0.2) is 0 Å². The Labute approximate surface area is 158 Å². The average Bonchev–Trinajstić information content (AvgIpc) is 3.17. The van der Waals surface area contributed by atoms with Gasteiger partial charge in [-0.2, -0.15) is 5.10 Å². The van der Waals surface area contributed by atoms with Crippen LogP contribution in [0.1, 0.15) is 17.3 Å². The Balaban J connectivity index is 2.19. The summed E-state index contributed by atoms with van der Waals surface area (Å²) in [5.41, 5.74) is 2.71. The second-order valence-corrected chi connectivity index (χ2v) is 6.06. The summed E-state index contributed by atoms with van der Waals surface area (Å²) in [6.07, 6.45) is 1.77. The van der Waals surface area contributed by atoms with Gasteiger partial charge in [-0.3, -0.25) is 4.79 Å². The van der Waals surface area contributed by atoms with E-state index in [4.69, 9.17) is 14.6 Å². The molecule has 1 heterocycles. The number of aromatic nitrogens is 2. The molecule has 0 fully saturated rings. The molecule has 3 rings (SSSR count). The molecular weight excluding hydrogens is 342 g/mol. The number of amides is 1. The van der Waals surface area contributed by atoms with Crippen LogP contribution in [0.15, 0.2) is 54.7 Å². The van der Waals surface area contributed by atoms with Gasteiger partial charge in [0.25, 0.3) is 5.91 Å². The van der Waals surface area contributed by atoms with Gasteiger partial charge in [0, 0.05) is 31.4 Å². The van der Waals surface area contributed by atoms with Crippen LogP contribution < -0.4 is 9.47 Å². The van der Waals surface area contributed by atoms with Crippen molar-refractivity contribution in [1.29, 1.82) is 0 Å². The van der Waals surface area contributed by atoms with Crippen molar-refractivity contribution < 1.29 is 14.3 Å². The topological polar surface area (TPSA) is 56.6 Å². The summed E-state index contributed by atoms with van der Waals surface area (Å²) >= 11 is 0. The monoisotopic (exact) mass is 365 g/mol. The zero-order chi connectivity index (χ0) is 19.4. The number of ether oxygens (including phenoxy) is 2. The van der Waals surface area contributed by atoms with Crippen LogP contribution >= 0.6 is 0 Å². The number of benzene rings is 2. The highest BCUT2D eigenvalue weighted by atomic mass is 16.5. The first-order chi connectivity index (χ1) is 13.1. The molecule has 1 aromatic heterocycles. The molecule has 0 aliphatic rings. The smallest absolute Gasteiger partial charge is 0.257 e. The SMILES string of the molecule is CCN(C)C(=O)c1cn(-c2ccccc2)nc1-c1ccc(OC)cc1OC. The molecule has 27 heavy (non-hydrogen) atoms. The first kappa shape index (κ1) is 18.5. The van der Waals surface area contributed by atoms with Crippen molar-refractivity contribution in [3.8, 4) is 28.4 Å². The lowest BCUT2D eigenvalue weighted by Gasteiger charge is -2.15. The molecule has 0 N–H and O–H groups in total. The van der Waals surface area contributed by atoms with E-state index in [-0.39, 0.29) is 5.91 Å². The summed E-state index contributed by atoms with van der Waals surface area (Å²) < 4.78 is 12.5. The predicted octanol–water partition coefficient (Wildman–Crippen LogP) is 3.65. The number of hydrogen-bond donors (Lipinski definition) is 0. The number of carbonyl (C=O) groups excluding carboxylic acids is 1. The standard InChI is InChI=1S/C21H23N3O3/c1-5-23(2)21(25)18-14-24(15-9-7-6-8-10-15)22-20(18)17-12-11-16(26-3)13-19(17)27-4/h6-14H,5H2,1-4H3. The van der Waals surface area contributed by atoms with Gasteiger partial charge < -0.3 is 14.4 Å². The van der Waals surface area contributed by atoms with Crippen LogP contribution in [-0.2, 0) is 0 Å². The van der Waals surface area contributed by atoms with Crippen LogP contribution in [0.2, 0.25) is 0 Å². The van der Waals surface area contributed by atoms with Crippen molar-refractivity contribution in [2.24, 2.45) is 0 Å². The van der Waals surface area contributed by atoms with E-state index in [2.05, 4.69) is 0 Å². The maximum Gasteiger partial charge on any atom is 0.257 e. The zero-order valence-electron chi connectivity index (χ0n) is 16.0. The molecular formula is C21H23N3O3. The summed E-state index contributed by atoms with van der Waals surface area (Å²) in [4.78, 5) is 14.6. The third-order valence-electron chi connectivity index (χ3n) is 4.45. The highest BCUT2D eigenvalue weighted by molar-refractivity contribution is 6.00. The summed E-state index contributed by atoms with van der Waals surface area (Å²) in [5, 5.41) is 4.70. The van der Waals surface area contributed by atoms with Crippen LogP contribution in [0.5, 0.6) is 11.5 Å². The number of rotatable bonds is 6. The van der Waals surface area contributed by atoms with E-state index in [9.17, 15) is 4.79 Å². The van der Waals surface area contributed by atoms with Crippen molar-refractivity contribution >= 4 is 5.91 Å². The number of hydrogen-bond acceptors (Lipinski definition) is 4. The second kappa shape index (κ2) is 7.95. The van der Waals surface area contributed by atoms with Crippen molar-refractivity contribution in [1.82, 2.24) is 14.7 Å². The molecule has 6 heteroatoms. The predicted molar refractivity (Wildman–Crippen MR) is 105 cm³/mol. The Morgan fingerprint density at radius 1 is 1.11 bits per heavy atom. The lowest BCUT2D eigenvalue weighted by Crippen LogP contribution is -2.26. The minimum Gasteiger partial charge on any atom is -0.497 e. The van der Waals surface area contributed by atoms with E-state index in [1.807, 2.05) is 49.4 Å². The molecule has 0 radical (unpaired) electrons. The van der Waals surface area contributed by atoms with Gasteiger partial charge in [0.05, 0.1) is 25.5 Å². The quantitative estimate of drug-likeness (QED) is 0.669. The second-order valence-electron chi connectivity index (χ2n) is 6.06. The van der Waals surface area contributed by atoms with Crippen LogP contribution in [0.25, 0.3) is 16.9 Å². The molecule has 0 aliphatic carbocycles. The molecule has 2 aromatic carbocycles. The Morgan fingerprint density at radius 3 is 2.48 bits per heavy atom. The Bertz CT molecular complexity index is 935. The zero-order valence-corrected chi connectivity index (χ0v) is 16.0. The summed E-state index contributed by atoms with van der Waals surface area (Å²) in [6.45, 7) is 2.54. The summed E-state index contributed by atoms with van der Waals surface area (Å²) in [6, 6.07) is 15.2. The Morgan fingerprint density at radius 2 is 1.85 bits per heavy atom. The van der Waals surface area contributed by atoms with Crippen LogP contribution in [0.4, 0.5) is 0 Å². The van der Waals surface area contributed by atoms with Gasteiger partial charge in [0.1, 0.15) is 17.2 Å². The van der Waals surface area contributed by atoms with E-state index >= 15 is 0 Å². The van der Waals surface area contributed by atoms with E-state index in [0.29, 0.717) is 29.3 Å². The lowest BCUT2D eigenvalue weighted by atomic mass is 10.1. The number of para-hydroxylation sites is 1. The molecule has 0 aliphatic heterocycles. The van der Waals surface area contributed by atoms with E-state index in [0.717, 1.165) is 11.3 Å². The van der Waals surface area contributed by atoms with Crippen LogP contribution in [0.3, 0.4) is 0 Å². The first-order valence-electron chi connectivity index (χ1n) is 8.72. The largest absolute Gasteiger partial charge is 0.497 e. The third kappa shape index (κ3) is 3.65. The fraction of sp³-hybridized carbons (Fsp3) is 0.238. The molecule has 0 saturated carbocycles. The number of nitrogens with zero attached hydrogens (tertiary/aromatic N) is 3. The first-order valence-corrected chi connectivity index (χ1v) is 8.72. The van der Waals surface area contributed by atoms with E-state index in [1.54, 1.807) is 43.1 Å². The fourth-order valence-electron chi connectivity index (χ4n) is 2.79. The Hall–Kier alpha value is -3.28. The lowest BCUT2D eigenvalue weighted by molar-refractivity contribution is 0.0803. The minimum absolute atomic E-state index is 0.0902. The van der Waals surface area contributed by atoms with Gasteiger partial charge in [0.2, 0.25) is 0 Å². The van der Waals surface area contributed by atoms with Crippen LogP contribution in [0, 0.1) is 0 Å². The fourth-order valence-corrected chi connectivity index (χ4v) is 2.79. The Kier molecular flexibility index (Phi) is 5.45. The molecule has 0 unspecified atom stereocenters. The van der Waals surface area contributed by atoms with Gasteiger partial charge in [-0.05, 0) is 31.2 Å². The number of methoxy groups -OCH3 is 2. The van der Waals surface area contributed by atoms with E-state index < -0.39 is 0 Å². The van der Waals surface area contributed by atoms with Crippen molar-refractivity contribution in [3.05, 3.63) is 60.3 Å². The highest BCUT2D eigenvalue weighted by Gasteiger charge is 2.23. The van der Waals surface area contributed by atoms with Crippen molar-refractivity contribution in [2.45, 2.75) is 6.92 Å². The highest BCUT2D eigenvalue weighted by Crippen LogP contribution is 2.35. The minimum atomic E-state index is -0.0902. The molecule has 0 atom stereocenters. The van der Waals surface area contributed by atoms with Gasteiger partial charge in [-0.1, -0.05) is 18.2 Å². The number of carbonyl (C=O) groups is 1. The van der Waals surface area contributed by atoms with E-state index in [1.165, 1.54) is 0 Å². The van der Waals surface area contributed by atoms with Gasteiger partial charge in [-0.15, -0.1) is 0 Å². The van der Waals surface area contributed by atoms with Crippen LogP contribution in [-0.4, -0.2) is 48.4 Å². The van der Waals surface area contributed by atoms with Crippen molar-refractivity contribution in [3.63, 3.8) is 0 Å². The molecule has 0 spiro atoms. The summed E-state index contributed by atoms with van der Waals surface area (Å²) in [5.74, 6) is 1.19. The molecule has 140 valence electrons. The van der Waals surface area contributed by atoms with Gasteiger partial charge >= 0.3 is 0 Å². The summed E-state index contributed by atoms with van der Waals surface area (Å²) in [7, 11) is 4.97.